The molecule has 0 atom stereocenters. The summed E-state index contributed by atoms with van der Waals surface area (Å²) in [6.45, 7) is 0.507. The average Bonchev–Trinajstić information content (AvgIpc) is 2.52. The first-order valence-electron chi connectivity index (χ1n) is 6.67. The summed E-state index contributed by atoms with van der Waals surface area (Å²) in [5.74, 6) is 0.0132. The van der Waals surface area contributed by atoms with Crippen LogP contribution in [0, 0.1) is 5.82 Å². The lowest BCUT2D eigenvalue weighted by atomic mass is 10.2. The van der Waals surface area contributed by atoms with E-state index < -0.39 is 0 Å². The van der Waals surface area contributed by atoms with Crippen LogP contribution in [0.5, 0.6) is 5.75 Å². The number of aromatic nitrogens is 1. The normalized spacial score (nSPS) is 10.2. The lowest BCUT2D eigenvalue weighted by Gasteiger charge is -2.17. The summed E-state index contributed by atoms with van der Waals surface area (Å²) in [5, 5.41) is 0. The van der Waals surface area contributed by atoms with Gasteiger partial charge in [0, 0.05) is 31.9 Å². The van der Waals surface area contributed by atoms with E-state index in [-0.39, 0.29) is 18.3 Å². The zero-order chi connectivity index (χ0) is 15.1. The van der Waals surface area contributed by atoms with Crippen molar-refractivity contribution in [3.05, 3.63) is 60.2 Å². The van der Waals surface area contributed by atoms with Gasteiger partial charge in [-0.1, -0.05) is 6.07 Å². The summed E-state index contributed by atoms with van der Waals surface area (Å²) in [4.78, 5) is 17.7. The van der Waals surface area contributed by atoms with Crippen molar-refractivity contribution in [2.75, 3.05) is 20.2 Å². The number of benzene rings is 1. The standard InChI is InChI=1S/C16H17FN2O2/c1-19(11-9-14-4-2-3-10-18-14)16(20)12-21-15-7-5-13(17)6-8-15/h2-8,10H,9,11-12H2,1H3. The molecule has 21 heavy (non-hydrogen) atoms. The van der Waals surface area contributed by atoms with Gasteiger partial charge in [0.15, 0.2) is 6.61 Å². The van der Waals surface area contributed by atoms with E-state index in [1.54, 1.807) is 18.1 Å². The van der Waals surface area contributed by atoms with Gasteiger partial charge in [0.25, 0.3) is 5.91 Å². The van der Waals surface area contributed by atoms with E-state index in [4.69, 9.17) is 4.74 Å². The Balaban J connectivity index is 1.76. The topological polar surface area (TPSA) is 42.4 Å². The van der Waals surface area contributed by atoms with Crippen LogP contribution in [-0.4, -0.2) is 36.0 Å². The minimum absolute atomic E-state index is 0.0651. The maximum absolute atomic E-state index is 12.7. The zero-order valence-electron chi connectivity index (χ0n) is 11.8. The molecule has 2 rings (SSSR count). The fourth-order valence-corrected chi connectivity index (χ4v) is 1.74. The smallest absolute Gasteiger partial charge is 0.260 e. The minimum atomic E-state index is -0.332. The molecular weight excluding hydrogens is 271 g/mol. The van der Waals surface area contributed by atoms with Crippen LogP contribution in [0.1, 0.15) is 5.69 Å². The Morgan fingerprint density at radius 2 is 2.00 bits per heavy atom. The van der Waals surface area contributed by atoms with Crippen molar-refractivity contribution in [2.24, 2.45) is 0 Å². The molecule has 0 aliphatic heterocycles. The van der Waals surface area contributed by atoms with Crippen molar-refractivity contribution in [1.29, 1.82) is 0 Å². The lowest BCUT2D eigenvalue weighted by Crippen LogP contribution is -2.33. The summed E-state index contributed by atoms with van der Waals surface area (Å²) < 4.78 is 18.1. The second-order valence-electron chi connectivity index (χ2n) is 4.63. The number of carbonyl (C=O) groups is 1. The van der Waals surface area contributed by atoms with Gasteiger partial charge in [0.1, 0.15) is 11.6 Å². The predicted molar refractivity (Wildman–Crippen MR) is 77.5 cm³/mol. The van der Waals surface area contributed by atoms with Gasteiger partial charge in [0.2, 0.25) is 0 Å². The van der Waals surface area contributed by atoms with E-state index >= 15 is 0 Å². The van der Waals surface area contributed by atoms with E-state index in [1.807, 2.05) is 18.2 Å². The second kappa shape index (κ2) is 7.38. The minimum Gasteiger partial charge on any atom is -0.484 e. The van der Waals surface area contributed by atoms with Gasteiger partial charge in [-0.25, -0.2) is 4.39 Å². The average molecular weight is 288 g/mol. The Bertz CT molecular complexity index is 573. The SMILES string of the molecule is CN(CCc1ccccn1)C(=O)COc1ccc(F)cc1. The Hall–Kier alpha value is -2.43. The molecule has 0 N–H and O–H groups in total. The molecular formula is C16H17FN2O2. The maximum atomic E-state index is 12.7. The third kappa shape index (κ3) is 4.87. The van der Waals surface area contributed by atoms with E-state index in [0.717, 1.165) is 5.69 Å². The first-order valence-corrected chi connectivity index (χ1v) is 6.67. The van der Waals surface area contributed by atoms with Gasteiger partial charge in [-0.3, -0.25) is 9.78 Å². The first kappa shape index (κ1) is 15.0. The largest absolute Gasteiger partial charge is 0.484 e. The van der Waals surface area contributed by atoms with Crippen LogP contribution >= 0.6 is 0 Å². The van der Waals surface area contributed by atoms with Crippen molar-refractivity contribution in [1.82, 2.24) is 9.88 Å². The van der Waals surface area contributed by atoms with Gasteiger partial charge in [0.05, 0.1) is 0 Å². The Labute approximate surface area is 123 Å². The number of nitrogens with zero attached hydrogens (tertiary/aromatic N) is 2. The molecule has 0 fully saturated rings. The molecule has 0 radical (unpaired) electrons. The zero-order valence-corrected chi connectivity index (χ0v) is 11.8. The van der Waals surface area contributed by atoms with Crippen molar-refractivity contribution in [2.45, 2.75) is 6.42 Å². The summed E-state index contributed by atoms with van der Waals surface area (Å²) >= 11 is 0. The van der Waals surface area contributed by atoms with E-state index in [1.165, 1.54) is 24.3 Å². The Morgan fingerprint density at radius 1 is 1.24 bits per heavy atom. The van der Waals surface area contributed by atoms with Crippen molar-refractivity contribution in [3.8, 4) is 5.75 Å². The molecule has 1 aromatic heterocycles. The van der Waals surface area contributed by atoms with Crippen LogP contribution in [0.2, 0.25) is 0 Å². The van der Waals surface area contributed by atoms with E-state index in [0.29, 0.717) is 18.7 Å². The Kier molecular flexibility index (Phi) is 5.26. The molecule has 0 bridgehead atoms. The molecule has 1 heterocycles. The number of hydrogen-bond acceptors (Lipinski definition) is 3. The molecule has 4 nitrogen and oxygen atoms in total. The van der Waals surface area contributed by atoms with Crippen molar-refractivity contribution >= 4 is 5.91 Å². The summed E-state index contributed by atoms with van der Waals surface area (Å²) in [6.07, 6.45) is 2.43. The molecule has 5 heteroatoms. The lowest BCUT2D eigenvalue weighted by molar-refractivity contribution is -0.132. The van der Waals surface area contributed by atoms with Crippen LogP contribution in [0.25, 0.3) is 0 Å². The summed E-state index contributed by atoms with van der Waals surface area (Å²) in [5.41, 5.74) is 0.941. The van der Waals surface area contributed by atoms with Gasteiger partial charge in [-0.05, 0) is 36.4 Å². The fourth-order valence-electron chi connectivity index (χ4n) is 1.74. The summed E-state index contributed by atoms with van der Waals surface area (Å²) in [7, 11) is 1.72. The van der Waals surface area contributed by atoms with Gasteiger partial charge in [-0.15, -0.1) is 0 Å². The monoisotopic (exact) mass is 288 g/mol. The number of amides is 1. The first-order chi connectivity index (χ1) is 10.1. The highest BCUT2D eigenvalue weighted by atomic mass is 19.1. The molecule has 0 unspecified atom stereocenters. The van der Waals surface area contributed by atoms with Crippen LogP contribution in [-0.2, 0) is 11.2 Å². The number of halogens is 1. The van der Waals surface area contributed by atoms with E-state index in [9.17, 15) is 9.18 Å². The van der Waals surface area contributed by atoms with Crippen LogP contribution in [0.4, 0.5) is 4.39 Å². The molecule has 1 aromatic carbocycles. The number of likely N-dealkylation sites (N-methyl/N-ethyl adjacent to an activating group) is 1. The molecule has 0 aliphatic rings. The van der Waals surface area contributed by atoms with Crippen molar-refractivity contribution in [3.63, 3.8) is 0 Å². The van der Waals surface area contributed by atoms with Crippen LogP contribution in [0.3, 0.4) is 0 Å². The molecule has 1 amide bonds. The number of carbonyl (C=O) groups excluding carboxylic acids is 1. The molecule has 110 valence electrons. The van der Waals surface area contributed by atoms with Gasteiger partial charge >= 0.3 is 0 Å². The molecule has 0 saturated heterocycles. The molecule has 0 spiro atoms. The third-order valence-corrected chi connectivity index (χ3v) is 3.03. The maximum Gasteiger partial charge on any atom is 0.260 e. The van der Waals surface area contributed by atoms with Gasteiger partial charge < -0.3 is 9.64 Å². The molecule has 0 saturated carbocycles. The quantitative estimate of drug-likeness (QED) is 0.819. The summed E-state index contributed by atoms with van der Waals surface area (Å²) in [6, 6.07) is 11.3. The number of ether oxygens (including phenoxy) is 1. The number of pyridine rings is 1. The van der Waals surface area contributed by atoms with E-state index in [2.05, 4.69) is 4.98 Å². The molecule has 0 aliphatic carbocycles. The van der Waals surface area contributed by atoms with Crippen molar-refractivity contribution < 1.29 is 13.9 Å². The number of rotatable bonds is 6. The highest BCUT2D eigenvalue weighted by Gasteiger charge is 2.09. The number of hydrogen-bond donors (Lipinski definition) is 0. The van der Waals surface area contributed by atoms with Crippen LogP contribution < -0.4 is 4.74 Å². The third-order valence-electron chi connectivity index (χ3n) is 3.03. The fraction of sp³-hybridized carbons (Fsp3) is 0.250. The highest BCUT2D eigenvalue weighted by molar-refractivity contribution is 5.77. The highest BCUT2D eigenvalue weighted by Crippen LogP contribution is 2.11. The van der Waals surface area contributed by atoms with Crippen LogP contribution in [0.15, 0.2) is 48.7 Å². The predicted octanol–water partition coefficient (Wildman–Crippen LogP) is 2.30. The Morgan fingerprint density at radius 3 is 2.67 bits per heavy atom. The second-order valence-corrected chi connectivity index (χ2v) is 4.63. The van der Waals surface area contributed by atoms with Gasteiger partial charge in [-0.2, -0.15) is 0 Å². The molecule has 2 aromatic rings.